The van der Waals surface area contributed by atoms with Crippen LogP contribution in [0, 0.1) is 5.92 Å². The number of carbonyl (C=O) groups is 1. The first kappa shape index (κ1) is 17.5. The highest BCUT2D eigenvalue weighted by atomic mass is 16.6. The van der Waals surface area contributed by atoms with E-state index in [1.54, 1.807) is 0 Å². The zero-order valence-corrected chi connectivity index (χ0v) is 14.5. The Kier molecular flexibility index (Phi) is 6.20. The number of likely N-dealkylation sites (tertiary alicyclic amines) is 1. The van der Waals surface area contributed by atoms with Crippen LogP contribution in [0.4, 0.5) is 4.79 Å². The van der Waals surface area contributed by atoms with E-state index in [0.29, 0.717) is 5.92 Å². The number of ether oxygens (including phenoxy) is 1. The lowest BCUT2D eigenvalue weighted by Crippen LogP contribution is -2.41. The Morgan fingerprint density at radius 1 is 1.30 bits per heavy atom. The smallest absolute Gasteiger partial charge is 0.410 e. The highest BCUT2D eigenvalue weighted by molar-refractivity contribution is 5.68. The standard InChI is InChI=1S/C19H28N2O2/c1-19(2,3)23-18(22)21-14-10-17(11-15-21)7-5-4-6-16-8-12-20-13-9-16/h4,6,8-9,12-13,17H,5,7,10-11,14-15H2,1-3H3. The predicted molar refractivity (Wildman–Crippen MR) is 93.0 cm³/mol. The summed E-state index contributed by atoms with van der Waals surface area (Å²) in [6, 6.07) is 4.02. The summed E-state index contributed by atoms with van der Waals surface area (Å²) < 4.78 is 5.43. The third-order valence-corrected chi connectivity index (χ3v) is 4.02. The van der Waals surface area contributed by atoms with Crippen LogP contribution >= 0.6 is 0 Å². The van der Waals surface area contributed by atoms with Gasteiger partial charge in [-0.3, -0.25) is 4.98 Å². The van der Waals surface area contributed by atoms with Crippen molar-refractivity contribution in [3.8, 4) is 0 Å². The molecule has 0 N–H and O–H groups in total. The first-order valence-corrected chi connectivity index (χ1v) is 8.48. The van der Waals surface area contributed by atoms with Crippen molar-refractivity contribution in [1.82, 2.24) is 9.88 Å². The summed E-state index contributed by atoms with van der Waals surface area (Å²) in [4.78, 5) is 17.9. The molecule has 0 atom stereocenters. The highest BCUT2D eigenvalue weighted by Gasteiger charge is 2.26. The zero-order valence-electron chi connectivity index (χ0n) is 14.5. The number of aromatic nitrogens is 1. The number of rotatable bonds is 4. The average Bonchev–Trinajstić information content (AvgIpc) is 2.51. The van der Waals surface area contributed by atoms with Gasteiger partial charge in [-0.25, -0.2) is 4.79 Å². The Balaban J connectivity index is 1.67. The summed E-state index contributed by atoms with van der Waals surface area (Å²) in [5.41, 5.74) is 0.783. The van der Waals surface area contributed by atoms with Crippen LogP contribution in [0.5, 0.6) is 0 Å². The fraction of sp³-hybridized carbons (Fsp3) is 0.579. The molecule has 2 rings (SSSR count). The lowest BCUT2D eigenvalue weighted by molar-refractivity contribution is 0.0181. The SMILES string of the molecule is CC(C)(C)OC(=O)N1CCC(CCC=Cc2ccncc2)CC1. The molecule has 1 aromatic heterocycles. The number of allylic oxidation sites excluding steroid dienone is 1. The van der Waals surface area contributed by atoms with Crippen LogP contribution < -0.4 is 0 Å². The lowest BCUT2D eigenvalue weighted by Gasteiger charge is -2.33. The fourth-order valence-electron chi connectivity index (χ4n) is 2.76. The van der Waals surface area contributed by atoms with Crippen LogP contribution in [-0.4, -0.2) is 34.7 Å². The largest absolute Gasteiger partial charge is 0.444 e. The van der Waals surface area contributed by atoms with Gasteiger partial charge in [0.25, 0.3) is 0 Å². The van der Waals surface area contributed by atoms with Crippen molar-refractivity contribution in [3.05, 3.63) is 36.2 Å². The third-order valence-electron chi connectivity index (χ3n) is 4.02. The maximum atomic E-state index is 12.0. The first-order valence-electron chi connectivity index (χ1n) is 8.48. The molecule has 4 nitrogen and oxygen atoms in total. The molecule has 0 aromatic carbocycles. The van der Waals surface area contributed by atoms with Crippen molar-refractivity contribution in [2.75, 3.05) is 13.1 Å². The minimum atomic E-state index is -0.411. The minimum absolute atomic E-state index is 0.173. The van der Waals surface area contributed by atoms with Gasteiger partial charge in [-0.2, -0.15) is 0 Å². The van der Waals surface area contributed by atoms with E-state index in [9.17, 15) is 4.79 Å². The van der Waals surface area contributed by atoms with Gasteiger partial charge in [0.05, 0.1) is 0 Å². The first-order chi connectivity index (χ1) is 10.9. The maximum Gasteiger partial charge on any atom is 0.410 e. The molecule has 1 amide bonds. The van der Waals surface area contributed by atoms with E-state index in [1.807, 2.05) is 50.2 Å². The molecular formula is C19H28N2O2. The summed E-state index contributed by atoms with van der Waals surface area (Å²) in [5, 5.41) is 0. The van der Waals surface area contributed by atoms with Gasteiger partial charge in [-0.1, -0.05) is 12.2 Å². The van der Waals surface area contributed by atoms with E-state index in [0.717, 1.165) is 32.4 Å². The van der Waals surface area contributed by atoms with Gasteiger partial charge >= 0.3 is 6.09 Å². The average molecular weight is 316 g/mol. The molecule has 1 fully saturated rings. The summed E-state index contributed by atoms with van der Waals surface area (Å²) in [5.74, 6) is 0.704. The van der Waals surface area contributed by atoms with Gasteiger partial charge in [-0.15, -0.1) is 0 Å². The van der Waals surface area contributed by atoms with Crippen LogP contribution in [0.3, 0.4) is 0 Å². The second-order valence-corrected chi connectivity index (χ2v) is 7.17. The minimum Gasteiger partial charge on any atom is -0.444 e. The van der Waals surface area contributed by atoms with Gasteiger partial charge in [0, 0.05) is 25.5 Å². The Bertz CT molecular complexity index is 512. The molecular weight excluding hydrogens is 288 g/mol. The summed E-state index contributed by atoms with van der Waals surface area (Å²) in [6.07, 6.45) is 12.2. The van der Waals surface area contributed by atoms with Gasteiger partial charge in [0.15, 0.2) is 0 Å². The number of carbonyl (C=O) groups excluding carboxylic acids is 1. The van der Waals surface area contributed by atoms with Crippen LogP contribution in [-0.2, 0) is 4.74 Å². The van der Waals surface area contributed by atoms with Crippen LogP contribution in [0.15, 0.2) is 30.6 Å². The molecule has 1 aromatic rings. The molecule has 1 saturated heterocycles. The van der Waals surface area contributed by atoms with E-state index in [-0.39, 0.29) is 6.09 Å². The molecule has 0 saturated carbocycles. The van der Waals surface area contributed by atoms with Gasteiger partial charge in [-0.05, 0) is 70.1 Å². The third kappa shape index (κ3) is 6.43. The molecule has 126 valence electrons. The number of pyridine rings is 1. The summed E-state index contributed by atoms with van der Waals surface area (Å²) in [6.45, 7) is 7.35. The molecule has 0 aliphatic carbocycles. The van der Waals surface area contributed by atoms with Gasteiger partial charge in [0.2, 0.25) is 0 Å². The number of piperidine rings is 1. The van der Waals surface area contributed by atoms with Gasteiger partial charge < -0.3 is 9.64 Å². The molecule has 2 heterocycles. The topological polar surface area (TPSA) is 42.4 Å². The van der Waals surface area contributed by atoms with E-state index in [4.69, 9.17) is 4.74 Å². The number of hydrogen-bond donors (Lipinski definition) is 0. The second kappa shape index (κ2) is 8.14. The van der Waals surface area contributed by atoms with E-state index in [2.05, 4.69) is 17.1 Å². The van der Waals surface area contributed by atoms with Gasteiger partial charge in [0.1, 0.15) is 5.60 Å². The monoisotopic (exact) mass is 316 g/mol. The van der Waals surface area contributed by atoms with Crippen molar-refractivity contribution in [3.63, 3.8) is 0 Å². The second-order valence-electron chi connectivity index (χ2n) is 7.17. The molecule has 0 unspecified atom stereocenters. The normalized spacial score (nSPS) is 16.7. The number of amides is 1. The van der Waals surface area contributed by atoms with E-state index >= 15 is 0 Å². The molecule has 4 heteroatoms. The van der Waals surface area contributed by atoms with Crippen LogP contribution in [0.25, 0.3) is 6.08 Å². The van der Waals surface area contributed by atoms with Crippen molar-refractivity contribution < 1.29 is 9.53 Å². The van der Waals surface area contributed by atoms with E-state index in [1.165, 1.54) is 12.0 Å². The predicted octanol–water partition coefficient (Wildman–Crippen LogP) is 4.52. The molecule has 1 aliphatic heterocycles. The fourth-order valence-corrected chi connectivity index (χ4v) is 2.76. The maximum absolute atomic E-state index is 12.0. The van der Waals surface area contributed by atoms with Crippen LogP contribution in [0.2, 0.25) is 0 Å². The van der Waals surface area contributed by atoms with Crippen molar-refractivity contribution in [2.45, 2.75) is 52.1 Å². The Hall–Kier alpha value is -1.84. The number of hydrogen-bond acceptors (Lipinski definition) is 3. The van der Waals surface area contributed by atoms with E-state index < -0.39 is 5.60 Å². The zero-order chi connectivity index (χ0) is 16.7. The molecule has 23 heavy (non-hydrogen) atoms. The summed E-state index contributed by atoms with van der Waals surface area (Å²) >= 11 is 0. The van der Waals surface area contributed by atoms with Crippen molar-refractivity contribution >= 4 is 12.2 Å². The molecule has 0 bridgehead atoms. The van der Waals surface area contributed by atoms with Crippen LogP contribution in [0.1, 0.15) is 52.0 Å². The molecule has 1 aliphatic rings. The highest BCUT2D eigenvalue weighted by Crippen LogP contribution is 2.23. The number of nitrogens with zero attached hydrogens (tertiary/aromatic N) is 2. The summed E-state index contributed by atoms with van der Waals surface area (Å²) in [7, 11) is 0. The van der Waals surface area contributed by atoms with Crippen molar-refractivity contribution in [1.29, 1.82) is 0 Å². The lowest BCUT2D eigenvalue weighted by atomic mass is 9.92. The quantitative estimate of drug-likeness (QED) is 0.820. The molecule has 0 radical (unpaired) electrons. The Labute approximate surface area is 139 Å². The molecule has 0 spiro atoms. The van der Waals surface area contributed by atoms with Crippen molar-refractivity contribution in [2.24, 2.45) is 5.92 Å². The Morgan fingerprint density at radius 2 is 1.96 bits per heavy atom. The Morgan fingerprint density at radius 3 is 2.57 bits per heavy atom.